The molecule has 0 radical (unpaired) electrons. The first-order chi connectivity index (χ1) is 17.8. The van der Waals surface area contributed by atoms with Crippen LogP contribution in [0.2, 0.25) is 0 Å². The molecule has 1 amide bonds. The summed E-state index contributed by atoms with van der Waals surface area (Å²) in [6, 6.07) is 26.3. The van der Waals surface area contributed by atoms with Gasteiger partial charge in [0.15, 0.2) is 6.61 Å². The van der Waals surface area contributed by atoms with Crippen molar-refractivity contribution in [3.63, 3.8) is 0 Å². The number of rotatable bonds is 11. The van der Waals surface area contributed by atoms with Crippen LogP contribution in [0.3, 0.4) is 0 Å². The Hall–Kier alpha value is -4.41. The molecule has 0 spiro atoms. The Morgan fingerprint density at radius 3 is 2.16 bits per heavy atom. The number of carbonyl (C=O) groups is 2. The number of carbonyl (C=O) groups excluding carboxylic acids is 2. The van der Waals surface area contributed by atoms with Crippen molar-refractivity contribution in [1.82, 2.24) is 5.32 Å². The molecule has 0 saturated carbocycles. The van der Waals surface area contributed by atoms with Gasteiger partial charge in [0.2, 0.25) is 0 Å². The van der Waals surface area contributed by atoms with Crippen LogP contribution in [0.4, 0.5) is 0 Å². The van der Waals surface area contributed by atoms with Gasteiger partial charge in [-0.1, -0.05) is 68.4 Å². The Balaban J connectivity index is 1.53. The molecule has 0 fully saturated rings. The minimum atomic E-state index is -0.549. The van der Waals surface area contributed by atoms with Crippen LogP contribution in [0.25, 0.3) is 6.08 Å². The van der Waals surface area contributed by atoms with E-state index in [9.17, 15) is 14.9 Å². The summed E-state index contributed by atoms with van der Waals surface area (Å²) in [5.41, 5.74) is 2.76. The highest BCUT2D eigenvalue weighted by Gasteiger charge is 2.22. The molecule has 1 N–H and O–H groups in total. The maximum Gasteiger partial charge on any atom is 0.349 e. The average molecular weight is 499 g/mol. The number of hydrogen-bond acceptors (Lipinski definition) is 6. The minimum absolute atomic E-state index is 0.0348. The monoisotopic (exact) mass is 498 g/mol. The van der Waals surface area contributed by atoms with Crippen molar-refractivity contribution in [2.45, 2.75) is 19.3 Å². The number of ether oxygens (including phenoxy) is 3. The summed E-state index contributed by atoms with van der Waals surface area (Å²) in [6.45, 7) is 4.74. The van der Waals surface area contributed by atoms with Gasteiger partial charge in [-0.05, 0) is 47.0 Å². The number of amides is 1. The Labute approximate surface area is 217 Å². The molecule has 3 aromatic carbocycles. The lowest BCUT2D eigenvalue weighted by Crippen LogP contribution is -2.27. The van der Waals surface area contributed by atoms with Crippen LogP contribution < -0.4 is 14.8 Å². The topological polar surface area (TPSA) is 97.6 Å². The van der Waals surface area contributed by atoms with E-state index in [2.05, 4.69) is 31.3 Å². The quantitative estimate of drug-likeness (QED) is 0.136. The van der Waals surface area contributed by atoms with E-state index in [1.807, 2.05) is 48.5 Å². The molecule has 0 aromatic heterocycles. The van der Waals surface area contributed by atoms with Gasteiger partial charge in [0.05, 0.1) is 6.61 Å². The van der Waals surface area contributed by atoms with Gasteiger partial charge in [0.1, 0.15) is 23.1 Å². The largest absolute Gasteiger partial charge is 0.482 e. The van der Waals surface area contributed by atoms with Crippen molar-refractivity contribution < 1.29 is 23.8 Å². The minimum Gasteiger partial charge on any atom is -0.482 e. The third-order valence-corrected chi connectivity index (χ3v) is 5.81. The molecule has 37 heavy (non-hydrogen) atoms. The lowest BCUT2D eigenvalue weighted by Gasteiger charge is -2.26. The number of esters is 1. The zero-order chi connectivity index (χ0) is 26.7. The second-order valence-corrected chi connectivity index (χ2v) is 8.77. The predicted octanol–water partition coefficient (Wildman–Crippen LogP) is 4.67. The molecule has 0 aliphatic carbocycles. The summed E-state index contributed by atoms with van der Waals surface area (Å²) in [5, 5.41) is 11.9. The molecule has 0 saturated heterocycles. The van der Waals surface area contributed by atoms with Crippen LogP contribution in [-0.4, -0.2) is 38.7 Å². The fourth-order valence-electron chi connectivity index (χ4n) is 3.60. The molecule has 0 atom stereocenters. The van der Waals surface area contributed by atoms with E-state index < -0.39 is 11.9 Å². The zero-order valence-electron chi connectivity index (χ0n) is 21.2. The number of methoxy groups -OCH3 is 1. The van der Waals surface area contributed by atoms with E-state index >= 15 is 0 Å². The van der Waals surface area contributed by atoms with Gasteiger partial charge in [-0.2, -0.15) is 5.26 Å². The Kier molecular flexibility index (Phi) is 9.59. The number of hydrogen-bond donors (Lipinski definition) is 1. The fraction of sp³-hybridized carbons (Fsp3) is 0.233. The van der Waals surface area contributed by atoms with Crippen LogP contribution in [0, 0.1) is 11.3 Å². The van der Waals surface area contributed by atoms with Gasteiger partial charge in [-0.25, -0.2) is 4.79 Å². The average Bonchev–Trinajstić information content (AvgIpc) is 2.92. The lowest BCUT2D eigenvalue weighted by atomic mass is 9.78. The number of nitriles is 1. The standard InChI is InChI=1S/C30H30N2O5/c1-30(2,24-7-5-4-6-8-24)25-11-15-26(16-12-25)36-21-28(33)37-27-13-9-22(10-14-27)19-23(20-31)29(34)32-17-18-35-3/h4-16,19H,17-18,21H2,1-3H3,(H,32,34)/b23-19+. The summed E-state index contributed by atoms with van der Waals surface area (Å²) >= 11 is 0. The highest BCUT2D eigenvalue weighted by Crippen LogP contribution is 2.32. The maximum atomic E-state index is 12.3. The van der Waals surface area contributed by atoms with Gasteiger partial charge >= 0.3 is 5.97 Å². The molecule has 0 aliphatic rings. The van der Waals surface area contributed by atoms with Crippen LogP contribution in [0.1, 0.15) is 30.5 Å². The lowest BCUT2D eigenvalue weighted by molar-refractivity contribution is -0.136. The van der Waals surface area contributed by atoms with E-state index in [1.54, 1.807) is 24.3 Å². The Bertz CT molecular complexity index is 1260. The second-order valence-electron chi connectivity index (χ2n) is 8.77. The Morgan fingerprint density at radius 2 is 1.54 bits per heavy atom. The van der Waals surface area contributed by atoms with Gasteiger partial charge < -0.3 is 19.5 Å². The van der Waals surface area contributed by atoms with Crippen LogP contribution in [-0.2, 0) is 19.7 Å². The molecule has 3 rings (SSSR count). The summed E-state index contributed by atoms with van der Waals surface area (Å²) in [6.07, 6.45) is 1.46. The molecule has 0 unspecified atom stereocenters. The first-order valence-corrected chi connectivity index (χ1v) is 11.8. The van der Waals surface area contributed by atoms with Gasteiger partial charge in [-0.15, -0.1) is 0 Å². The molecule has 0 aliphatic heterocycles. The van der Waals surface area contributed by atoms with Crippen molar-refractivity contribution in [3.8, 4) is 17.6 Å². The SMILES string of the molecule is COCCNC(=O)/C(C#N)=C/c1ccc(OC(=O)COc2ccc(C(C)(C)c3ccccc3)cc2)cc1. The summed E-state index contributed by atoms with van der Waals surface area (Å²) in [7, 11) is 1.53. The van der Waals surface area contributed by atoms with E-state index in [4.69, 9.17) is 14.2 Å². The van der Waals surface area contributed by atoms with Crippen molar-refractivity contribution in [2.75, 3.05) is 26.9 Å². The first kappa shape index (κ1) is 27.2. The fourth-order valence-corrected chi connectivity index (χ4v) is 3.60. The van der Waals surface area contributed by atoms with Crippen molar-refractivity contribution in [2.24, 2.45) is 0 Å². The molecular formula is C30H30N2O5. The molecule has 0 heterocycles. The summed E-state index contributed by atoms with van der Waals surface area (Å²) in [5.74, 6) is -0.136. The smallest absolute Gasteiger partial charge is 0.349 e. The van der Waals surface area contributed by atoms with Gasteiger partial charge in [-0.3, -0.25) is 4.79 Å². The third kappa shape index (κ3) is 7.79. The number of nitrogens with one attached hydrogen (secondary N) is 1. The highest BCUT2D eigenvalue weighted by atomic mass is 16.6. The molecule has 190 valence electrons. The second kappa shape index (κ2) is 13.1. The Morgan fingerprint density at radius 1 is 0.919 bits per heavy atom. The zero-order valence-corrected chi connectivity index (χ0v) is 21.2. The van der Waals surface area contributed by atoms with Gasteiger partial charge in [0.25, 0.3) is 5.91 Å². The number of nitrogens with zero attached hydrogens (tertiary/aromatic N) is 1. The normalized spacial score (nSPS) is 11.4. The van der Waals surface area contributed by atoms with E-state index in [-0.39, 0.29) is 17.6 Å². The summed E-state index contributed by atoms with van der Waals surface area (Å²) < 4.78 is 15.8. The number of benzene rings is 3. The first-order valence-electron chi connectivity index (χ1n) is 11.8. The molecular weight excluding hydrogens is 468 g/mol. The van der Waals surface area contributed by atoms with Crippen LogP contribution >= 0.6 is 0 Å². The van der Waals surface area contributed by atoms with Crippen molar-refractivity contribution in [1.29, 1.82) is 5.26 Å². The molecule has 0 bridgehead atoms. The van der Waals surface area contributed by atoms with Crippen molar-refractivity contribution >= 4 is 18.0 Å². The van der Waals surface area contributed by atoms with E-state index in [0.717, 1.165) is 5.56 Å². The summed E-state index contributed by atoms with van der Waals surface area (Å²) in [4.78, 5) is 24.3. The third-order valence-electron chi connectivity index (χ3n) is 5.81. The molecule has 7 nitrogen and oxygen atoms in total. The maximum absolute atomic E-state index is 12.3. The van der Waals surface area contributed by atoms with E-state index in [0.29, 0.717) is 30.2 Å². The molecule has 3 aromatic rings. The van der Waals surface area contributed by atoms with Crippen LogP contribution in [0.5, 0.6) is 11.5 Å². The van der Waals surface area contributed by atoms with Crippen molar-refractivity contribution in [3.05, 3.63) is 101 Å². The predicted molar refractivity (Wildman–Crippen MR) is 141 cm³/mol. The highest BCUT2D eigenvalue weighted by molar-refractivity contribution is 6.01. The molecule has 7 heteroatoms. The van der Waals surface area contributed by atoms with E-state index in [1.165, 1.54) is 18.7 Å². The van der Waals surface area contributed by atoms with Gasteiger partial charge in [0, 0.05) is 19.1 Å². The van der Waals surface area contributed by atoms with Crippen LogP contribution in [0.15, 0.2) is 84.4 Å².